The molecule has 16 heavy (non-hydrogen) atoms. The van der Waals surface area contributed by atoms with E-state index in [1.807, 2.05) is 0 Å². The highest BCUT2D eigenvalue weighted by molar-refractivity contribution is 5.67. The number of allylic oxidation sites excluding steroid dienone is 2. The molecule has 0 aromatic heterocycles. The van der Waals surface area contributed by atoms with Crippen LogP contribution in [0.25, 0.3) is 0 Å². The van der Waals surface area contributed by atoms with Gasteiger partial charge in [-0.3, -0.25) is 4.79 Å². The Labute approximate surface area is 94.5 Å². The topological polar surface area (TPSA) is 49.3 Å². The summed E-state index contributed by atoms with van der Waals surface area (Å²) in [6.07, 6.45) is 13.1. The minimum Gasteiger partial charge on any atom is -0.481 e. The fraction of sp³-hybridized carbons (Fsp3) is 0.462. The third-order valence-electron chi connectivity index (χ3n) is 3.87. The molecule has 3 aliphatic rings. The summed E-state index contributed by atoms with van der Waals surface area (Å²) in [5.74, 6) is 0.411. The first-order chi connectivity index (χ1) is 7.75. The van der Waals surface area contributed by atoms with Gasteiger partial charge in [0.15, 0.2) is 0 Å². The quantitative estimate of drug-likeness (QED) is 0.686. The summed E-state index contributed by atoms with van der Waals surface area (Å²) >= 11 is 0. The number of fused-ring (bicyclic) bond motifs is 3. The van der Waals surface area contributed by atoms with Gasteiger partial charge in [-0.05, 0) is 0 Å². The van der Waals surface area contributed by atoms with E-state index in [-0.39, 0.29) is 12.3 Å². The van der Waals surface area contributed by atoms with Crippen LogP contribution in [0.4, 0.5) is 0 Å². The Morgan fingerprint density at radius 1 is 1.12 bits per heavy atom. The number of rotatable bonds is 2. The highest BCUT2D eigenvalue weighted by Crippen LogP contribution is 2.41. The second-order valence-electron chi connectivity index (χ2n) is 4.79. The lowest BCUT2D eigenvalue weighted by Crippen LogP contribution is -2.35. The van der Waals surface area contributed by atoms with Crippen molar-refractivity contribution in [3.8, 4) is 0 Å². The van der Waals surface area contributed by atoms with Crippen LogP contribution in [0.15, 0.2) is 36.5 Å². The normalized spacial score (nSPS) is 43.4. The van der Waals surface area contributed by atoms with Crippen molar-refractivity contribution in [3.63, 3.8) is 0 Å². The predicted octanol–water partition coefficient (Wildman–Crippen LogP) is 1.35. The highest BCUT2D eigenvalue weighted by atomic mass is 16.4. The standard InChI is InChI=1S/C13H15NO2/c15-12(16)7-8-5-6-10-9-3-1-2-4-11(9)14-13(8)10/h1-6,8-11,13-14H,7H2,(H,15,16). The van der Waals surface area contributed by atoms with Crippen molar-refractivity contribution in [3.05, 3.63) is 36.5 Å². The maximum atomic E-state index is 10.8. The first-order valence-electron chi connectivity index (χ1n) is 5.77. The number of hydrogen-bond acceptors (Lipinski definition) is 2. The van der Waals surface area contributed by atoms with E-state index in [2.05, 4.69) is 41.8 Å². The van der Waals surface area contributed by atoms with Crippen LogP contribution >= 0.6 is 0 Å². The third-order valence-corrected chi connectivity index (χ3v) is 3.87. The van der Waals surface area contributed by atoms with Crippen LogP contribution in [-0.2, 0) is 4.79 Å². The summed E-state index contributed by atoms with van der Waals surface area (Å²) in [6, 6.07) is 0.694. The van der Waals surface area contributed by atoms with Gasteiger partial charge in [-0.15, -0.1) is 0 Å². The van der Waals surface area contributed by atoms with E-state index >= 15 is 0 Å². The number of carboxylic acid groups (broad SMARTS) is 1. The van der Waals surface area contributed by atoms with Gasteiger partial charge in [0, 0.05) is 29.8 Å². The molecule has 0 spiro atoms. The maximum absolute atomic E-state index is 10.8. The van der Waals surface area contributed by atoms with Gasteiger partial charge in [-0.1, -0.05) is 36.5 Å². The molecule has 3 heteroatoms. The lowest BCUT2D eigenvalue weighted by molar-refractivity contribution is -0.137. The number of nitrogens with one attached hydrogen (secondary N) is 1. The second kappa shape index (κ2) is 3.59. The zero-order valence-electron chi connectivity index (χ0n) is 8.91. The van der Waals surface area contributed by atoms with Crippen LogP contribution < -0.4 is 5.32 Å². The van der Waals surface area contributed by atoms with E-state index in [4.69, 9.17) is 5.11 Å². The number of carboxylic acids is 1. The van der Waals surface area contributed by atoms with E-state index in [1.165, 1.54) is 0 Å². The van der Waals surface area contributed by atoms with E-state index in [9.17, 15) is 4.79 Å². The molecule has 0 bridgehead atoms. The van der Waals surface area contributed by atoms with Crippen molar-refractivity contribution >= 4 is 5.97 Å². The molecule has 84 valence electrons. The predicted molar refractivity (Wildman–Crippen MR) is 60.9 cm³/mol. The lowest BCUT2D eigenvalue weighted by Gasteiger charge is -2.18. The molecule has 0 amide bonds. The molecular formula is C13H15NO2. The maximum Gasteiger partial charge on any atom is 0.304 e. The van der Waals surface area contributed by atoms with Crippen molar-refractivity contribution in [2.45, 2.75) is 18.5 Å². The molecule has 5 atom stereocenters. The number of carbonyl (C=O) groups is 1. The van der Waals surface area contributed by atoms with Gasteiger partial charge in [0.2, 0.25) is 0 Å². The summed E-state index contributed by atoms with van der Waals surface area (Å²) in [4.78, 5) is 10.8. The molecule has 5 unspecified atom stereocenters. The fourth-order valence-corrected chi connectivity index (χ4v) is 3.18. The van der Waals surface area contributed by atoms with Gasteiger partial charge in [0.05, 0.1) is 6.42 Å². The van der Waals surface area contributed by atoms with Crippen molar-refractivity contribution < 1.29 is 9.90 Å². The molecule has 1 saturated heterocycles. The Hall–Kier alpha value is -1.35. The van der Waals surface area contributed by atoms with Gasteiger partial charge in [0.25, 0.3) is 0 Å². The highest BCUT2D eigenvalue weighted by Gasteiger charge is 2.45. The second-order valence-corrected chi connectivity index (χ2v) is 4.79. The average molecular weight is 217 g/mol. The van der Waals surface area contributed by atoms with E-state index in [0.717, 1.165) is 0 Å². The minimum absolute atomic E-state index is 0.148. The zero-order valence-corrected chi connectivity index (χ0v) is 8.91. The average Bonchev–Trinajstić information content (AvgIpc) is 2.78. The van der Waals surface area contributed by atoms with Crippen LogP contribution in [0.5, 0.6) is 0 Å². The van der Waals surface area contributed by atoms with Crippen LogP contribution in [0, 0.1) is 17.8 Å². The summed E-state index contributed by atoms with van der Waals surface area (Å²) in [7, 11) is 0. The molecule has 0 saturated carbocycles. The number of aliphatic carboxylic acids is 1. The largest absolute Gasteiger partial charge is 0.481 e. The van der Waals surface area contributed by atoms with Gasteiger partial charge in [-0.2, -0.15) is 0 Å². The Morgan fingerprint density at radius 3 is 2.75 bits per heavy atom. The Morgan fingerprint density at radius 2 is 1.94 bits per heavy atom. The van der Waals surface area contributed by atoms with Gasteiger partial charge in [-0.25, -0.2) is 0 Å². The minimum atomic E-state index is -0.710. The number of hydrogen-bond donors (Lipinski definition) is 2. The van der Waals surface area contributed by atoms with E-state index in [0.29, 0.717) is 23.9 Å². The Bertz CT molecular complexity index is 397. The van der Waals surface area contributed by atoms with Crippen LogP contribution in [-0.4, -0.2) is 23.2 Å². The van der Waals surface area contributed by atoms with Crippen LogP contribution in [0.1, 0.15) is 6.42 Å². The smallest absolute Gasteiger partial charge is 0.304 e. The van der Waals surface area contributed by atoms with Gasteiger partial charge < -0.3 is 10.4 Å². The summed E-state index contributed by atoms with van der Waals surface area (Å²) in [5, 5.41) is 12.4. The van der Waals surface area contributed by atoms with Crippen molar-refractivity contribution in [1.82, 2.24) is 5.32 Å². The molecule has 1 aliphatic heterocycles. The lowest BCUT2D eigenvalue weighted by atomic mass is 9.85. The van der Waals surface area contributed by atoms with E-state index < -0.39 is 5.97 Å². The molecular weight excluding hydrogens is 202 g/mol. The molecule has 2 N–H and O–H groups in total. The molecule has 2 aliphatic carbocycles. The first kappa shape index (κ1) is 9.85. The first-order valence-corrected chi connectivity index (χ1v) is 5.77. The van der Waals surface area contributed by atoms with Crippen molar-refractivity contribution in [2.75, 3.05) is 0 Å². The molecule has 0 aromatic carbocycles. The van der Waals surface area contributed by atoms with Crippen molar-refractivity contribution in [2.24, 2.45) is 17.8 Å². The summed E-state index contributed by atoms with van der Waals surface area (Å²) in [5.41, 5.74) is 0. The molecule has 1 heterocycles. The Balaban J connectivity index is 1.79. The fourth-order valence-electron chi connectivity index (χ4n) is 3.18. The Kier molecular flexibility index (Phi) is 2.21. The zero-order chi connectivity index (χ0) is 11.1. The molecule has 3 nitrogen and oxygen atoms in total. The van der Waals surface area contributed by atoms with Crippen molar-refractivity contribution in [1.29, 1.82) is 0 Å². The molecule has 1 fully saturated rings. The van der Waals surface area contributed by atoms with Crippen LogP contribution in [0.3, 0.4) is 0 Å². The van der Waals surface area contributed by atoms with Gasteiger partial charge >= 0.3 is 5.97 Å². The third kappa shape index (κ3) is 1.43. The molecule has 0 aromatic rings. The summed E-state index contributed by atoms with van der Waals surface area (Å²) in [6.45, 7) is 0. The van der Waals surface area contributed by atoms with Crippen LogP contribution in [0.2, 0.25) is 0 Å². The van der Waals surface area contributed by atoms with E-state index in [1.54, 1.807) is 0 Å². The summed E-state index contributed by atoms with van der Waals surface area (Å²) < 4.78 is 0. The SMILES string of the molecule is O=C(O)CC1C=CC2C3C=CC=CC3NC12. The molecule has 3 rings (SSSR count). The monoisotopic (exact) mass is 217 g/mol. The molecule has 0 radical (unpaired) electrons. The van der Waals surface area contributed by atoms with Gasteiger partial charge in [0.1, 0.15) is 0 Å².